The molecule has 1 aromatic carbocycles. The number of halogens is 1. The average molecular weight is 283 g/mol. The lowest BCUT2D eigenvalue weighted by atomic mass is 10.2. The zero-order chi connectivity index (χ0) is 15.3. The van der Waals surface area contributed by atoms with Gasteiger partial charge >= 0.3 is 12.0 Å². The highest BCUT2D eigenvalue weighted by Gasteiger charge is 2.22. The van der Waals surface area contributed by atoms with E-state index in [1.807, 2.05) is 0 Å². The SMILES string of the molecule is Cc1ccc(NC(=O)NC(CC(N)=O)C(=O)O)cc1F. The van der Waals surface area contributed by atoms with Gasteiger partial charge in [-0.25, -0.2) is 14.0 Å². The summed E-state index contributed by atoms with van der Waals surface area (Å²) in [5, 5.41) is 13.1. The summed E-state index contributed by atoms with van der Waals surface area (Å²) in [4.78, 5) is 33.0. The molecule has 0 spiro atoms. The number of anilines is 1. The van der Waals surface area contributed by atoms with E-state index in [9.17, 15) is 18.8 Å². The van der Waals surface area contributed by atoms with Crippen molar-refractivity contribution in [1.82, 2.24) is 5.32 Å². The van der Waals surface area contributed by atoms with Crippen LogP contribution in [0.15, 0.2) is 18.2 Å². The number of rotatable bonds is 5. The summed E-state index contributed by atoms with van der Waals surface area (Å²) in [5.41, 5.74) is 5.44. The molecule has 0 heterocycles. The fourth-order valence-electron chi connectivity index (χ4n) is 1.40. The number of carboxylic acid groups (broad SMARTS) is 1. The number of amides is 3. The van der Waals surface area contributed by atoms with Gasteiger partial charge in [-0.15, -0.1) is 0 Å². The van der Waals surface area contributed by atoms with Crippen LogP contribution >= 0.6 is 0 Å². The van der Waals surface area contributed by atoms with Crippen LogP contribution in [0.25, 0.3) is 0 Å². The van der Waals surface area contributed by atoms with Crippen molar-refractivity contribution >= 4 is 23.6 Å². The van der Waals surface area contributed by atoms with Crippen molar-refractivity contribution in [2.75, 3.05) is 5.32 Å². The van der Waals surface area contributed by atoms with E-state index in [1.165, 1.54) is 12.1 Å². The Bertz CT molecular complexity index is 548. The molecule has 20 heavy (non-hydrogen) atoms. The van der Waals surface area contributed by atoms with Crippen LogP contribution in [0.5, 0.6) is 0 Å². The normalized spacial score (nSPS) is 11.5. The van der Waals surface area contributed by atoms with Gasteiger partial charge in [0.05, 0.1) is 6.42 Å². The third kappa shape index (κ3) is 4.56. The van der Waals surface area contributed by atoms with Crippen LogP contribution in [0.4, 0.5) is 14.9 Å². The number of carbonyl (C=O) groups excluding carboxylic acids is 2. The molecule has 0 fully saturated rings. The minimum absolute atomic E-state index is 0.161. The molecule has 1 unspecified atom stereocenters. The third-order valence-electron chi connectivity index (χ3n) is 2.44. The molecular weight excluding hydrogens is 269 g/mol. The zero-order valence-corrected chi connectivity index (χ0v) is 10.6. The summed E-state index contributed by atoms with van der Waals surface area (Å²) in [5.74, 6) is -2.76. The second kappa shape index (κ2) is 6.50. The van der Waals surface area contributed by atoms with E-state index < -0.39 is 36.2 Å². The topological polar surface area (TPSA) is 122 Å². The maximum Gasteiger partial charge on any atom is 0.326 e. The molecule has 0 aliphatic heterocycles. The standard InChI is InChI=1S/C12H14FN3O4/c1-6-2-3-7(4-8(6)13)15-12(20)16-9(11(18)19)5-10(14)17/h2-4,9H,5H2,1H3,(H2,14,17)(H,18,19)(H2,15,16,20). The Morgan fingerprint density at radius 3 is 2.55 bits per heavy atom. The minimum atomic E-state index is -1.44. The number of nitrogens with one attached hydrogen (secondary N) is 2. The molecule has 0 aliphatic rings. The first kappa shape index (κ1) is 15.4. The fraction of sp³-hybridized carbons (Fsp3) is 0.250. The van der Waals surface area contributed by atoms with Gasteiger partial charge in [0.15, 0.2) is 0 Å². The Kier molecular flexibility index (Phi) is 5.01. The highest BCUT2D eigenvalue weighted by Crippen LogP contribution is 2.13. The molecule has 0 saturated carbocycles. The summed E-state index contributed by atoms with van der Waals surface area (Å²) in [6, 6.07) is 1.70. The van der Waals surface area contributed by atoms with E-state index in [0.717, 1.165) is 6.07 Å². The van der Waals surface area contributed by atoms with Crippen molar-refractivity contribution in [3.05, 3.63) is 29.6 Å². The quantitative estimate of drug-likeness (QED) is 0.631. The number of nitrogens with two attached hydrogens (primary N) is 1. The Balaban J connectivity index is 2.67. The summed E-state index contributed by atoms with van der Waals surface area (Å²) in [7, 11) is 0. The molecule has 0 aromatic heterocycles. The van der Waals surface area contributed by atoms with Crippen molar-refractivity contribution < 1.29 is 23.9 Å². The van der Waals surface area contributed by atoms with E-state index >= 15 is 0 Å². The van der Waals surface area contributed by atoms with Gasteiger partial charge in [-0.05, 0) is 24.6 Å². The van der Waals surface area contributed by atoms with Crippen molar-refractivity contribution in [3.8, 4) is 0 Å². The number of primary amides is 1. The predicted octanol–water partition coefficient (Wildman–Crippen LogP) is 0.584. The number of urea groups is 1. The molecule has 1 atom stereocenters. The van der Waals surface area contributed by atoms with Crippen molar-refractivity contribution in [2.45, 2.75) is 19.4 Å². The van der Waals surface area contributed by atoms with E-state index in [2.05, 4.69) is 10.6 Å². The molecule has 0 aliphatic carbocycles. The first-order valence-electron chi connectivity index (χ1n) is 5.64. The molecular formula is C12H14FN3O4. The van der Waals surface area contributed by atoms with Crippen LogP contribution in [0.3, 0.4) is 0 Å². The summed E-state index contributed by atoms with van der Waals surface area (Å²) in [6.45, 7) is 1.56. The van der Waals surface area contributed by atoms with Crippen LogP contribution in [-0.4, -0.2) is 29.1 Å². The zero-order valence-electron chi connectivity index (χ0n) is 10.6. The second-order valence-electron chi connectivity index (χ2n) is 4.12. The van der Waals surface area contributed by atoms with Gasteiger partial charge in [0.2, 0.25) is 5.91 Å². The number of aryl methyl sites for hydroxylation is 1. The molecule has 108 valence electrons. The number of aliphatic carboxylic acids is 1. The molecule has 1 rings (SSSR count). The first-order chi connectivity index (χ1) is 9.29. The third-order valence-corrected chi connectivity index (χ3v) is 2.44. The van der Waals surface area contributed by atoms with Gasteiger partial charge < -0.3 is 21.5 Å². The Labute approximate surface area is 114 Å². The summed E-state index contributed by atoms with van der Waals surface area (Å²) >= 11 is 0. The lowest BCUT2D eigenvalue weighted by molar-refractivity contribution is -0.140. The molecule has 0 bridgehead atoms. The molecule has 0 radical (unpaired) electrons. The second-order valence-corrected chi connectivity index (χ2v) is 4.12. The smallest absolute Gasteiger partial charge is 0.326 e. The first-order valence-corrected chi connectivity index (χ1v) is 5.64. The Morgan fingerprint density at radius 1 is 1.40 bits per heavy atom. The molecule has 7 nitrogen and oxygen atoms in total. The Morgan fingerprint density at radius 2 is 2.05 bits per heavy atom. The number of hydrogen-bond acceptors (Lipinski definition) is 3. The monoisotopic (exact) mass is 283 g/mol. The van der Waals surface area contributed by atoms with Gasteiger partial charge in [-0.1, -0.05) is 6.07 Å². The van der Waals surface area contributed by atoms with Gasteiger partial charge in [-0.3, -0.25) is 4.79 Å². The summed E-state index contributed by atoms with van der Waals surface area (Å²) < 4.78 is 13.3. The van der Waals surface area contributed by atoms with Crippen LogP contribution < -0.4 is 16.4 Å². The molecule has 0 saturated heterocycles. The molecule has 8 heteroatoms. The van der Waals surface area contributed by atoms with Crippen molar-refractivity contribution in [3.63, 3.8) is 0 Å². The molecule has 5 N–H and O–H groups in total. The van der Waals surface area contributed by atoms with Gasteiger partial charge in [0, 0.05) is 5.69 Å². The number of carboxylic acids is 1. The van der Waals surface area contributed by atoms with Crippen molar-refractivity contribution in [2.24, 2.45) is 5.73 Å². The van der Waals surface area contributed by atoms with Gasteiger partial charge in [-0.2, -0.15) is 0 Å². The van der Waals surface area contributed by atoms with Gasteiger partial charge in [0.25, 0.3) is 0 Å². The largest absolute Gasteiger partial charge is 0.480 e. The van der Waals surface area contributed by atoms with Crippen LogP contribution in [0.1, 0.15) is 12.0 Å². The minimum Gasteiger partial charge on any atom is -0.480 e. The lowest BCUT2D eigenvalue weighted by Gasteiger charge is -2.13. The fourth-order valence-corrected chi connectivity index (χ4v) is 1.40. The van der Waals surface area contributed by atoms with E-state index in [0.29, 0.717) is 5.56 Å². The molecule has 1 aromatic rings. The van der Waals surface area contributed by atoms with Crippen LogP contribution in [0.2, 0.25) is 0 Å². The van der Waals surface area contributed by atoms with Gasteiger partial charge in [0.1, 0.15) is 11.9 Å². The lowest BCUT2D eigenvalue weighted by Crippen LogP contribution is -2.45. The maximum absolute atomic E-state index is 13.3. The molecule has 3 amide bonds. The number of carbonyl (C=O) groups is 3. The Hall–Kier alpha value is -2.64. The number of benzene rings is 1. The van der Waals surface area contributed by atoms with E-state index in [4.69, 9.17) is 10.8 Å². The predicted molar refractivity (Wildman–Crippen MR) is 68.5 cm³/mol. The number of hydrogen-bond donors (Lipinski definition) is 4. The van der Waals surface area contributed by atoms with E-state index in [1.54, 1.807) is 6.92 Å². The maximum atomic E-state index is 13.3. The van der Waals surface area contributed by atoms with Crippen molar-refractivity contribution in [1.29, 1.82) is 0 Å². The van der Waals surface area contributed by atoms with E-state index in [-0.39, 0.29) is 5.69 Å². The van der Waals surface area contributed by atoms with Crippen LogP contribution in [-0.2, 0) is 9.59 Å². The van der Waals surface area contributed by atoms with Crippen LogP contribution in [0, 0.1) is 12.7 Å². The average Bonchev–Trinajstić information content (AvgIpc) is 2.32. The highest BCUT2D eigenvalue weighted by atomic mass is 19.1. The highest BCUT2D eigenvalue weighted by molar-refractivity contribution is 5.93. The summed E-state index contributed by atoms with van der Waals surface area (Å²) in [6.07, 6.45) is -0.537.